The van der Waals surface area contributed by atoms with Crippen LogP contribution in [0.1, 0.15) is 61.5 Å². The van der Waals surface area contributed by atoms with Crippen molar-refractivity contribution < 1.29 is 27.2 Å². The summed E-state index contributed by atoms with van der Waals surface area (Å²) in [5, 5.41) is 8.52. The molecule has 2 aliphatic rings. The predicted octanol–water partition coefficient (Wildman–Crippen LogP) is 9.77. The SMILES string of the molecule is Brc1ccccc1.C.C.Nc1nccc(C(=O)Nc2cnccc2N2CCC(F)(F)CC2)n1.O=C(Nc1cnccc1N1CCC(F)(F)CC1)c1ccnc(Nc2ccccc2)n1. The van der Waals surface area contributed by atoms with Crippen molar-refractivity contribution in [3.05, 3.63) is 138 Å². The summed E-state index contributed by atoms with van der Waals surface area (Å²) in [4.78, 5) is 52.7. The molecule has 2 aromatic carbocycles. The molecule has 2 saturated heterocycles. The maximum absolute atomic E-state index is 13.5. The van der Waals surface area contributed by atoms with Gasteiger partial charge in [-0.1, -0.05) is 67.2 Å². The van der Waals surface area contributed by atoms with Gasteiger partial charge in [-0.15, -0.1) is 0 Å². The number of carbonyl (C=O) groups excluding carboxylic acids is 2. The van der Waals surface area contributed by atoms with Crippen molar-refractivity contribution in [1.82, 2.24) is 29.9 Å². The number of nitrogens with zero attached hydrogens (tertiary/aromatic N) is 8. The Morgan fingerprint density at radius 1 is 0.603 bits per heavy atom. The lowest BCUT2D eigenvalue weighted by atomic mass is 10.1. The zero-order valence-corrected chi connectivity index (χ0v) is 34.2. The zero-order valence-electron chi connectivity index (χ0n) is 32.6. The molecule has 332 valence electrons. The van der Waals surface area contributed by atoms with Gasteiger partial charge in [0.2, 0.25) is 11.9 Å². The normalized spacial score (nSPS) is 14.7. The molecule has 2 fully saturated rings. The topological polar surface area (TPSA) is 180 Å². The van der Waals surface area contributed by atoms with Crippen LogP contribution in [0.4, 0.5) is 57.9 Å². The van der Waals surface area contributed by atoms with Crippen LogP contribution < -0.4 is 31.5 Å². The van der Waals surface area contributed by atoms with Crippen molar-refractivity contribution in [1.29, 1.82) is 0 Å². The van der Waals surface area contributed by atoms with E-state index in [1.165, 1.54) is 36.9 Å². The van der Waals surface area contributed by atoms with Crippen LogP contribution in [-0.4, -0.2) is 79.7 Å². The molecule has 8 rings (SSSR count). The molecule has 14 nitrogen and oxygen atoms in total. The van der Waals surface area contributed by atoms with Gasteiger partial charge >= 0.3 is 0 Å². The number of aromatic nitrogens is 6. The fourth-order valence-electron chi connectivity index (χ4n) is 6.15. The van der Waals surface area contributed by atoms with E-state index in [9.17, 15) is 27.2 Å². The van der Waals surface area contributed by atoms with Gasteiger partial charge in [-0.3, -0.25) is 19.6 Å². The average molecular weight is 934 g/mol. The lowest BCUT2D eigenvalue weighted by molar-refractivity contribution is -0.0226. The number of hydrogen-bond donors (Lipinski definition) is 4. The highest BCUT2D eigenvalue weighted by atomic mass is 79.9. The summed E-state index contributed by atoms with van der Waals surface area (Å²) < 4.78 is 54.8. The molecule has 19 heteroatoms. The maximum atomic E-state index is 13.5. The minimum absolute atomic E-state index is 0. The van der Waals surface area contributed by atoms with E-state index in [-0.39, 0.29) is 84.1 Å². The Kier molecular flexibility index (Phi) is 17.8. The molecule has 0 bridgehead atoms. The number of amides is 2. The summed E-state index contributed by atoms with van der Waals surface area (Å²) >= 11 is 3.31. The number of nitrogens with one attached hydrogen (secondary N) is 3. The van der Waals surface area contributed by atoms with Gasteiger partial charge in [0.25, 0.3) is 23.7 Å². The number of hydrogen-bond acceptors (Lipinski definition) is 12. The third-order valence-electron chi connectivity index (χ3n) is 9.32. The molecule has 0 spiro atoms. The second kappa shape index (κ2) is 22.9. The summed E-state index contributed by atoms with van der Waals surface area (Å²) in [6.45, 7) is 0.831. The second-order valence-electron chi connectivity index (χ2n) is 13.7. The van der Waals surface area contributed by atoms with Crippen LogP contribution in [0.25, 0.3) is 0 Å². The first-order valence-electron chi connectivity index (χ1n) is 19.0. The molecule has 4 aromatic heterocycles. The molecular weight excluding hydrogens is 884 g/mol. The van der Waals surface area contributed by atoms with Crippen molar-refractivity contribution in [3.8, 4) is 0 Å². The zero-order chi connectivity index (χ0) is 43.2. The van der Waals surface area contributed by atoms with Gasteiger partial charge in [0, 0.05) is 86.8 Å². The molecule has 6 heterocycles. The molecule has 5 N–H and O–H groups in total. The van der Waals surface area contributed by atoms with Gasteiger partial charge in [-0.05, 0) is 48.5 Å². The molecule has 0 saturated carbocycles. The van der Waals surface area contributed by atoms with Crippen LogP contribution in [0, 0.1) is 0 Å². The van der Waals surface area contributed by atoms with Crippen molar-refractivity contribution in [2.24, 2.45) is 0 Å². The van der Waals surface area contributed by atoms with Gasteiger partial charge in [0.05, 0.1) is 35.1 Å². The first-order valence-corrected chi connectivity index (χ1v) is 19.8. The standard InChI is InChI=1S/C21H20F2N6O.C15H16F2N6O.C6H5Br.2CH4/c22-21(23)8-12-29(13-9-21)18-7-10-24-14-17(18)27-19(30)16-6-11-25-20(28-16)26-15-4-2-1-3-5-15;16-15(17)3-7-23(8-4-15)12-2-5-19-9-11(12)21-13(24)10-1-6-20-14(18)22-10;7-6-4-2-1-3-5-6;;/h1-7,10-11,14H,8-9,12-13H2,(H,27,30)(H,25,26,28);1-2,5-6,9H,3-4,7-8H2,(H,21,24)(H2,18,20,22);1-5H;2*1H4. The van der Waals surface area contributed by atoms with Crippen LogP contribution in [0.5, 0.6) is 0 Å². The highest BCUT2D eigenvalue weighted by Gasteiger charge is 2.36. The van der Waals surface area contributed by atoms with Crippen molar-refractivity contribution in [2.75, 3.05) is 57.7 Å². The van der Waals surface area contributed by atoms with E-state index in [2.05, 4.69) is 61.8 Å². The Morgan fingerprint density at radius 2 is 1.05 bits per heavy atom. The van der Waals surface area contributed by atoms with E-state index < -0.39 is 23.7 Å². The summed E-state index contributed by atoms with van der Waals surface area (Å²) in [5.41, 5.74) is 8.74. The third kappa shape index (κ3) is 14.7. The molecule has 2 amide bonds. The van der Waals surface area contributed by atoms with Gasteiger partial charge in [0.15, 0.2) is 0 Å². The average Bonchev–Trinajstić information content (AvgIpc) is 3.25. The van der Waals surface area contributed by atoms with Crippen LogP contribution in [0.3, 0.4) is 0 Å². The number of nitrogen functional groups attached to an aromatic ring is 1. The summed E-state index contributed by atoms with van der Waals surface area (Å²) in [7, 11) is 0. The molecule has 0 atom stereocenters. The first kappa shape index (κ1) is 48.9. The highest BCUT2D eigenvalue weighted by molar-refractivity contribution is 9.10. The van der Waals surface area contributed by atoms with Gasteiger partial charge in [-0.25, -0.2) is 37.5 Å². The van der Waals surface area contributed by atoms with Crippen molar-refractivity contribution in [3.63, 3.8) is 0 Å². The second-order valence-corrected chi connectivity index (χ2v) is 14.6. The number of halogens is 5. The number of carbonyl (C=O) groups is 2. The van der Waals surface area contributed by atoms with E-state index in [0.29, 0.717) is 28.7 Å². The van der Waals surface area contributed by atoms with Crippen molar-refractivity contribution >= 4 is 68.1 Å². The Labute approximate surface area is 372 Å². The number of pyridine rings is 2. The monoisotopic (exact) mass is 932 g/mol. The molecule has 63 heavy (non-hydrogen) atoms. The van der Waals surface area contributed by atoms with Gasteiger partial charge < -0.3 is 31.5 Å². The predicted molar refractivity (Wildman–Crippen MR) is 243 cm³/mol. The molecule has 6 aromatic rings. The van der Waals surface area contributed by atoms with Gasteiger partial charge in [-0.2, -0.15) is 0 Å². The van der Waals surface area contributed by atoms with E-state index in [1.807, 2.05) is 70.5 Å². The summed E-state index contributed by atoms with van der Waals surface area (Å²) in [6.07, 6.45) is 8.11. The Hall–Kier alpha value is -6.76. The highest BCUT2D eigenvalue weighted by Crippen LogP contribution is 2.35. The molecule has 2 aliphatic heterocycles. The Morgan fingerprint density at radius 3 is 1.49 bits per heavy atom. The number of rotatable bonds is 8. The number of alkyl halides is 4. The number of anilines is 7. The Bertz CT molecular complexity index is 2370. The summed E-state index contributed by atoms with van der Waals surface area (Å²) in [6, 6.07) is 25.7. The third-order valence-corrected chi connectivity index (χ3v) is 9.85. The number of piperidine rings is 2. The fraction of sp³-hybridized carbons (Fsp3) is 0.273. The smallest absolute Gasteiger partial charge is 0.274 e. The minimum Gasteiger partial charge on any atom is -0.369 e. The van der Waals surface area contributed by atoms with E-state index in [0.717, 1.165) is 10.2 Å². The van der Waals surface area contributed by atoms with Crippen LogP contribution in [-0.2, 0) is 0 Å². The van der Waals surface area contributed by atoms with E-state index >= 15 is 0 Å². The van der Waals surface area contributed by atoms with Crippen LogP contribution >= 0.6 is 15.9 Å². The number of benzene rings is 2. The minimum atomic E-state index is -2.64. The summed E-state index contributed by atoms with van der Waals surface area (Å²) in [5.74, 6) is -5.90. The number of para-hydroxylation sites is 1. The van der Waals surface area contributed by atoms with Crippen molar-refractivity contribution in [2.45, 2.75) is 52.4 Å². The van der Waals surface area contributed by atoms with E-state index in [4.69, 9.17) is 5.73 Å². The first-order chi connectivity index (χ1) is 29.3. The van der Waals surface area contributed by atoms with Crippen LogP contribution in [0.15, 0.2) is 127 Å². The van der Waals surface area contributed by atoms with Crippen LogP contribution in [0.2, 0.25) is 0 Å². The molecule has 0 radical (unpaired) electrons. The maximum Gasteiger partial charge on any atom is 0.274 e. The fourth-order valence-corrected chi connectivity index (χ4v) is 6.46. The number of nitrogens with two attached hydrogens (primary N) is 1. The molecular formula is C44H49BrF4N12O2. The van der Waals surface area contributed by atoms with E-state index in [1.54, 1.807) is 24.5 Å². The quantitative estimate of drug-likeness (QED) is 0.106. The lowest BCUT2D eigenvalue weighted by Crippen LogP contribution is -2.39. The molecule has 0 unspecified atom stereocenters. The molecule has 0 aliphatic carbocycles. The largest absolute Gasteiger partial charge is 0.369 e. The Balaban J connectivity index is 0.000000236. The van der Waals surface area contributed by atoms with Gasteiger partial charge in [0.1, 0.15) is 11.4 Å². The lowest BCUT2D eigenvalue weighted by Gasteiger charge is -2.34.